The summed E-state index contributed by atoms with van der Waals surface area (Å²) in [6.45, 7) is 6.88. The minimum atomic E-state index is -0.479. The number of aryl methyl sites for hydroxylation is 1. The van der Waals surface area contributed by atoms with Crippen LogP contribution in [0.15, 0.2) is 30.3 Å². The normalized spacial score (nSPS) is 16.8. The first-order chi connectivity index (χ1) is 13.5. The van der Waals surface area contributed by atoms with Crippen molar-refractivity contribution in [1.82, 2.24) is 14.7 Å². The Hall–Kier alpha value is -2.63. The second-order valence-electron chi connectivity index (χ2n) is 7.41. The van der Waals surface area contributed by atoms with Crippen LogP contribution in [0.1, 0.15) is 59.9 Å². The average molecular weight is 383 g/mol. The highest BCUT2D eigenvalue weighted by Gasteiger charge is 2.27. The Labute approximate surface area is 166 Å². The van der Waals surface area contributed by atoms with Crippen LogP contribution in [-0.4, -0.2) is 45.8 Å². The number of hydrogen-bond donors (Lipinski definition) is 0. The van der Waals surface area contributed by atoms with Crippen molar-refractivity contribution in [2.45, 2.75) is 59.0 Å². The SMILES string of the molecule is CC[C@@H]1CCCCN1C(=O)COC(=O)c1c(C)nn(Cc2ccccc2)c1C. The Morgan fingerprint density at radius 3 is 2.64 bits per heavy atom. The first-order valence-corrected chi connectivity index (χ1v) is 10.1. The van der Waals surface area contributed by atoms with Gasteiger partial charge in [-0.15, -0.1) is 0 Å². The van der Waals surface area contributed by atoms with Gasteiger partial charge < -0.3 is 9.64 Å². The Morgan fingerprint density at radius 1 is 1.18 bits per heavy atom. The lowest BCUT2D eigenvalue weighted by Gasteiger charge is -2.35. The number of likely N-dealkylation sites (tertiary alicyclic amines) is 1. The number of amides is 1. The van der Waals surface area contributed by atoms with Gasteiger partial charge in [-0.3, -0.25) is 9.48 Å². The fourth-order valence-electron chi connectivity index (χ4n) is 3.94. The molecule has 1 saturated heterocycles. The first kappa shape index (κ1) is 20.1. The highest BCUT2D eigenvalue weighted by molar-refractivity contribution is 5.93. The summed E-state index contributed by atoms with van der Waals surface area (Å²) >= 11 is 0. The number of carbonyl (C=O) groups excluding carboxylic acids is 2. The van der Waals surface area contributed by atoms with Gasteiger partial charge in [0.1, 0.15) is 5.56 Å². The van der Waals surface area contributed by atoms with Crippen LogP contribution in [0.4, 0.5) is 0 Å². The summed E-state index contributed by atoms with van der Waals surface area (Å²) in [5.74, 6) is -0.584. The topological polar surface area (TPSA) is 64.4 Å². The average Bonchev–Trinajstić information content (AvgIpc) is 2.99. The van der Waals surface area contributed by atoms with E-state index in [0.717, 1.165) is 43.5 Å². The second-order valence-corrected chi connectivity index (χ2v) is 7.41. The third kappa shape index (κ3) is 4.43. The van der Waals surface area contributed by atoms with Crippen molar-refractivity contribution in [1.29, 1.82) is 0 Å². The molecule has 0 unspecified atom stereocenters. The van der Waals surface area contributed by atoms with Gasteiger partial charge in [0, 0.05) is 12.6 Å². The van der Waals surface area contributed by atoms with Crippen molar-refractivity contribution in [2.24, 2.45) is 0 Å². The van der Waals surface area contributed by atoms with Crippen molar-refractivity contribution in [3.63, 3.8) is 0 Å². The van der Waals surface area contributed by atoms with E-state index in [9.17, 15) is 9.59 Å². The lowest BCUT2D eigenvalue weighted by molar-refractivity contribution is -0.138. The first-order valence-electron chi connectivity index (χ1n) is 10.1. The third-order valence-electron chi connectivity index (χ3n) is 5.51. The molecule has 0 radical (unpaired) electrons. The highest BCUT2D eigenvalue weighted by Crippen LogP contribution is 2.20. The van der Waals surface area contributed by atoms with Crippen LogP contribution in [-0.2, 0) is 16.1 Å². The largest absolute Gasteiger partial charge is 0.452 e. The van der Waals surface area contributed by atoms with E-state index < -0.39 is 5.97 Å². The Kier molecular flexibility index (Phi) is 6.49. The summed E-state index contributed by atoms with van der Waals surface area (Å²) in [5, 5.41) is 4.49. The van der Waals surface area contributed by atoms with Gasteiger partial charge in [-0.05, 0) is 45.1 Å². The molecule has 0 aliphatic carbocycles. The van der Waals surface area contributed by atoms with Gasteiger partial charge in [-0.1, -0.05) is 37.3 Å². The number of nitrogens with zero attached hydrogens (tertiary/aromatic N) is 3. The van der Waals surface area contributed by atoms with Crippen LogP contribution < -0.4 is 0 Å². The number of rotatable bonds is 6. The zero-order valence-corrected chi connectivity index (χ0v) is 17.0. The second kappa shape index (κ2) is 9.04. The number of piperidine rings is 1. The van der Waals surface area contributed by atoms with Gasteiger partial charge >= 0.3 is 5.97 Å². The molecule has 0 spiro atoms. The molecular weight excluding hydrogens is 354 g/mol. The summed E-state index contributed by atoms with van der Waals surface area (Å²) in [4.78, 5) is 27.1. The Morgan fingerprint density at radius 2 is 1.93 bits per heavy atom. The molecule has 1 aromatic heterocycles. The van der Waals surface area contributed by atoms with E-state index in [-0.39, 0.29) is 18.6 Å². The van der Waals surface area contributed by atoms with E-state index >= 15 is 0 Å². The summed E-state index contributed by atoms with van der Waals surface area (Å²) in [5.41, 5.74) is 2.94. The van der Waals surface area contributed by atoms with Crippen LogP contribution in [0.2, 0.25) is 0 Å². The standard InChI is InChI=1S/C22H29N3O3/c1-4-19-12-8-9-13-24(19)20(26)15-28-22(27)21-16(2)23-25(17(21)3)14-18-10-6-5-7-11-18/h5-7,10-11,19H,4,8-9,12-15H2,1-3H3/t19-/m1/s1. The molecule has 1 aliphatic heterocycles. The maximum atomic E-state index is 12.6. The molecular formula is C22H29N3O3. The van der Waals surface area contributed by atoms with E-state index in [1.807, 2.05) is 42.2 Å². The molecule has 6 nitrogen and oxygen atoms in total. The molecule has 150 valence electrons. The minimum absolute atomic E-state index is 0.105. The molecule has 1 aromatic carbocycles. The molecule has 1 amide bonds. The van der Waals surface area contributed by atoms with Crippen molar-refractivity contribution >= 4 is 11.9 Å². The molecule has 1 aliphatic rings. The third-order valence-corrected chi connectivity index (χ3v) is 5.51. The lowest BCUT2D eigenvalue weighted by Crippen LogP contribution is -2.45. The maximum Gasteiger partial charge on any atom is 0.342 e. The van der Waals surface area contributed by atoms with E-state index in [0.29, 0.717) is 17.8 Å². The number of aromatic nitrogens is 2. The monoisotopic (exact) mass is 383 g/mol. The summed E-state index contributed by atoms with van der Waals surface area (Å²) in [6, 6.07) is 10.2. The molecule has 1 atom stereocenters. The van der Waals surface area contributed by atoms with Crippen molar-refractivity contribution in [3.05, 3.63) is 52.8 Å². The molecule has 0 N–H and O–H groups in total. The fourth-order valence-corrected chi connectivity index (χ4v) is 3.94. The van der Waals surface area contributed by atoms with Gasteiger partial charge in [0.15, 0.2) is 6.61 Å². The maximum absolute atomic E-state index is 12.6. The molecule has 2 aromatic rings. The number of benzene rings is 1. The predicted molar refractivity (Wildman–Crippen MR) is 107 cm³/mol. The van der Waals surface area contributed by atoms with Crippen LogP contribution in [0.3, 0.4) is 0 Å². The number of ether oxygens (including phenoxy) is 1. The van der Waals surface area contributed by atoms with Crippen LogP contribution in [0.25, 0.3) is 0 Å². The van der Waals surface area contributed by atoms with Crippen LogP contribution in [0.5, 0.6) is 0 Å². The molecule has 2 heterocycles. The Balaban J connectivity index is 1.65. The highest BCUT2D eigenvalue weighted by atomic mass is 16.5. The summed E-state index contributed by atoms with van der Waals surface area (Å²) < 4.78 is 7.18. The molecule has 1 fully saturated rings. The number of esters is 1. The van der Waals surface area contributed by atoms with E-state index in [1.165, 1.54) is 0 Å². The molecule has 0 bridgehead atoms. The lowest BCUT2D eigenvalue weighted by atomic mass is 10.00. The predicted octanol–water partition coefficient (Wildman–Crippen LogP) is 3.50. The van der Waals surface area contributed by atoms with Gasteiger partial charge in [-0.2, -0.15) is 5.10 Å². The van der Waals surface area contributed by atoms with Crippen molar-refractivity contribution < 1.29 is 14.3 Å². The van der Waals surface area contributed by atoms with Crippen molar-refractivity contribution in [3.8, 4) is 0 Å². The number of hydrogen-bond acceptors (Lipinski definition) is 4. The van der Waals surface area contributed by atoms with E-state index in [1.54, 1.807) is 11.6 Å². The van der Waals surface area contributed by atoms with Gasteiger partial charge in [0.25, 0.3) is 5.91 Å². The van der Waals surface area contributed by atoms with Crippen LogP contribution >= 0.6 is 0 Å². The summed E-state index contributed by atoms with van der Waals surface area (Å²) in [6.07, 6.45) is 4.13. The quantitative estimate of drug-likeness (QED) is 0.716. The molecule has 28 heavy (non-hydrogen) atoms. The van der Waals surface area contributed by atoms with Crippen LogP contribution in [0, 0.1) is 13.8 Å². The Bertz CT molecular complexity index is 829. The summed E-state index contributed by atoms with van der Waals surface area (Å²) in [7, 11) is 0. The van der Waals surface area contributed by atoms with Gasteiger partial charge in [-0.25, -0.2) is 4.79 Å². The van der Waals surface area contributed by atoms with E-state index in [4.69, 9.17) is 4.74 Å². The fraction of sp³-hybridized carbons (Fsp3) is 0.500. The molecule has 3 rings (SSSR count). The smallest absolute Gasteiger partial charge is 0.342 e. The van der Waals surface area contributed by atoms with Crippen molar-refractivity contribution in [2.75, 3.05) is 13.2 Å². The molecule has 6 heteroatoms. The molecule has 0 saturated carbocycles. The van der Waals surface area contributed by atoms with E-state index in [2.05, 4.69) is 12.0 Å². The van der Waals surface area contributed by atoms with Gasteiger partial charge in [0.05, 0.1) is 17.9 Å². The minimum Gasteiger partial charge on any atom is -0.452 e. The number of carbonyl (C=O) groups is 2. The zero-order valence-electron chi connectivity index (χ0n) is 17.0. The van der Waals surface area contributed by atoms with Gasteiger partial charge in [0.2, 0.25) is 0 Å². The zero-order chi connectivity index (χ0) is 20.1.